The molecule has 1 unspecified atom stereocenters. The molecule has 1 aromatic carbocycles. The molecule has 1 aliphatic rings. The van der Waals surface area contributed by atoms with E-state index in [9.17, 15) is 14.7 Å². The number of rotatable bonds is 9. The fraction of sp³-hybridized carbons (Fsp3) is 0.579. The zero-order valence-corrected chi connectivity index (χ0v) is 15.8. The summed E-state index contributed by atoms with van der Waals surface area (Å²) in [5.41, 5.74) is 5.74. The molecular formula is C19H29BN2O5. The molecule has 2 rings (SSSR count). The minimum absolute atomic E-state index is 0.0151. The molecule has 5 N–H and O–H groups in total. The minimum Gasteiger partial charge on any atom is -0.480 e. The fourth-order valence-corrected chi connectivity index (χ4v) is 3.81. The van der Waals surface area contributed by atoms with E-state index in [2.05, 4.69) is 0 Å². The summed E-state index contributed by atoms with van der Waals surface area (Å²) in [6.07, 6.45) is 2.30. The quantitative estimate of drug-likeness (QED) is 0.472. The van der Waals surface area contributed by atoms with Gasteiger partial charge in [-0.25, -0.2) is 0 Å². The molecule has 27 heavy (non-hydrogen) atoms. The van der Waals surface area contributed by atoms with E-state index in [-0.39, 0.29) is 31.2 Å². The van der Waals surface area contributed by atoms with Crippen molar-refractivity contribution in [3.8, 4) is 0 Å². The normalized spacial score (nSPS) is 23.3. The number of hydrogen-bond donors (Lipinski definition) is 4. The van der Waals surface area contributed by atoms with Gasteiger partial charge in [-0.15, -0.1) is 0 Å². The fourth-order valence-electron chi connectivity index (χ4n) is 3.81. The van der Waals surface area contributed by atoms with Gasteiger partial charge in [-0.3, -0.25) is 9.59 Å². The van der Waals surface area contributed by atoms with Gasteiger partial charge in [0.25, 0.3) is 0 Å². The zero-order chi connectivity index (χ0) is 20.0. The first-order valence-electron chi connectivity index (χ1n) is 9.49. The van der Waals surface area contributed by atoms with Crippen molar-refractivity contribution in [3.63, 3.8) is 0 Å². The lowest BCUT2D eigenvalue weighted by Crippen LogP contribution is -2.55. The van der Waals surface area contributed by atoms with E-state index in [0.29, 0.717) is 25.7 Å². The average molecular weight is 376 g/mol. The number of nitrogens with zero attached hydrogens (tertiary/aromatic N) is 1. The van der Waals surface area contributed by atoms with Crippen LogP contribution in [0.15, 0.2) is 30.3 Å². The second kappa shape index (κ2) is 9.35. The number of carboxylic acids is 1. The minimum atomic E-state index is -1.50. The summed E-state index contributed by atoms with van der Waals surface area (Å²) in [4.78, 5) is 26.4. The van der Waals surface area contributed by atoms with Crippen LogP contribution in [0.4, 0.5) is 0 Å². The van der Waals surface area contributed by atoms with Gasteiger partial charge in [-0.05, 0) is 31.1 Å². The molecule has 148 valence electrons. The maximum absolute atomic E-state index is 13.0. The number of hydrogen-bond acceptors (Lipinski definition) is 5. The number of carboxylic acid groups (broad SMARTS) is 1. The van der Waals surface area contributed by atoms with E-state index in [4.69, 9.17) is 15.8 Å². The van der Waals surface area contributed by atoms with Crippen molar-refractivity contribution >= 4 is 19.0 Å². The number of aliphatic carboxylic acids is 1. The molecule has 0 aromatic heterocycles. The molecule has 1 heterocycles. The monoisotopic (exact) mass is 376 g/mol. The molecule has 0 spiro atoms. The first-order valence-corrected chi connectivity index (χ1v) is 9.49. The molecular weight excluding hydrogens is 347 g/mol. The maximum Gasteiger partial charge on any atom is 0.451 e. The molecule has 3 atom stereocenters. The number of nitrogens with two attached hydrogens (primary N) is 1. The molecule has 7 nitrogen and oxygen atoms in total. The summed E-state index contributed by atoms with van der Waals surface area (Å²) in [7, 11) is -1.42. The summed E-state index contributed by atoms with van der Waals surface area (Å²) >= 11 is 0. The van der Waals surface area contributed by atoms with Gasteiger partial charge in [0.2, 0.25) is 5.91 Å². The van der Waals surface area contributed by atoms with Crippen molar-refractivity contribution in [3.05, 3.63) is 35.9 Å². The Bertz CT molecular complexity index is 642. The summed E-state index contributed by atoms with van der Waals surface area (Å²) in [6.45, 7) is 2.22. The Balaban J connectivity index is 2.07. The highest BCUT2D eigenvalue weighted by Gasteiger charge is 2.51. The van der Waals surface area contributed by atoms with Crippen molar-refractivity contribution in [2.24, 2.45) is 17.6 Å². The predicted octanol–water partition coefficient (Wildman–Crippen LogP) is 0.749. The van der Waals surface area contributed by atoms with E-state index < -0.39 is 24.5 Å². The Kier molecular flexibility index (Phi) is 7.41. The van der Waals surface area contributed by atoms with Crippen molar-refractivity contribution in [2.75, 3.05) is 13.1 Å². The van der Waals surface area contributed by atoms with Crippen LogP contribution in [0.3, 0.4) is 0 Å². The summed E-state index contributed by atoms with van der Waals surface area (Å²) < 4.78 is 0. The Morgan fingerprint density at radius 2 is 2.00 bits per heavy atom. The van der Waals surface area contributed by atoms with Crippen LogP contribution in [0.5, 0.6) is 0 Å². The van der Waals surface area contributed by atoms with Gasteiger partial charge in [0.15, 0.2) is 0 Å². The smallest absolute Gasteiger partial charge is 0.451 e. The molecule has 1 aromatic rings. The van der Waals surface area contributed by atoms with E-state index in [0.717, 1.165) is 5.56 Å². The molecule has 0 bridgehead atoms. The van der Waals surface area contributed by atoms with E-state index in [1.165, 1.54) is 0 Å². The molecule has 8 heteroatoms. The van der Waals surface area contributed by atoms with E-state index in [1.54, 1.807) is 4.90 Å². The van der Waals surface area contributed by atoms with Gasteiger partial charge in [0, 0.05) is 24.9 Å². The molecule has 0 saturated carbocycles. The zero-order valence-electron chi connectivity index (χ0n) is 15.8. The third-order valence-electron chi connectivity index (χ3n) is 5.51. The lowest BCUT2D eigenvalue weighted by atomic mass is 9.78. The van der Waals surface area contributed by atoms with Crippen LogP contribution in [-0.4, -0.2) is 57.7 Å². The van der Waals surface area contributed by atoms with Gasteiger partial charge < -0.3 is 25.8 Å². The summed E-state index contributed by atoms with van der Waals surface area (Å²) in [5, 5.41) is 27.6. The van der Waals surface area contributed by atoms with Crippen LogP contribution in [0.2, 0.25) is 6.32 Å². The van der Waals surface area contributed by atoms with Gasteiger partial charge in [0.1, 0.15) is 5.54 Å². The highest BCUT2D eigenvalue weighted by atomic mass is 16.4. The Morgan fingerprint density at radius 1 is 1.33 bits per heavy atom. The molecule has 0 radical (unpaired) electrons. The topological polar surface area (TPSA) is 124 Å². The Labute approximate surface area is 160 Å². The number of benzene rings is 1. The molecule has 1 amide bonds. The standard InChI is InChI=1S/C19H29BN2O5/c1-2-15(11-14-7-4-3-5-8-14)17(23)22-12-16(9-6-10-20(26)27)19(21,13-22)18(24)25/h3-5,7-8,15-16,26-27H,2,6,9-13,21H2,1H3,(H,24,25)/t15?,16-,19-/m0/s1. The highest BCUT2D eigenvalue weighted by molar-refractivity contribution is 6.40. The molecule has 0 aliphatic carbocycles. The van der Waals surface area contributed by atoms with E-state index in [1.807, 2.05) is 37.3 Å². The number of likely N-dealkylation sites (tertiary alicyclic amines) is 1. The van der Waals surface area contributed by atoms with Crippen LogP contribution < -0.4 is 5.73 Å². The molecule has 1 fully saturated rings. The number of carbonyl (C=O) groups excluding carboxylic acids is 1. The van der Waals surface area contributed by atoms with E-state index >= 15 is 0 Å². The third kappa shape index (κ3) is 5.31. The second-order valence-electron chi connectivity index (χ2n) is 7.47. The summed E-state index contributed by atoms with van der Waals surface area (Å²) in [5.74, 6) is -1.82. The SMILES string of the molecule is CCC(Cc1ccccc1)C(=O)N1C[C@H](CCCB(O)O)[C@](N)(C(=O)O)C1. The summed E-state index contributed by atoms with van der Waals surface area (Å²) in [6, 6.07) is 9.75. The van der Waals surface area contributed by atoms with Crippen LogP contribution >= 0.6 is 0 Å². The van der Waals surface area contributed by atoms with Crippen molar-refractivity contribution in [1.29, 1.82) is 0 Å². The predicted molar refractivity (Wildman–Crippen MR) is 103 cm³/mol. The van der Waals surface area contributed by atoms with Crippen molar-refractivity contribution < 1.29 is 24.7 Å². The van der Waals surface area contributed by atoms with Gasteiger partial charge >= 0.3 is 13.1 Å². The van der Waals surface area contributed by atoms with Crippen LogP contribution in [0, 0.1) is 11.8 Å². The molecule has 1 saturated heterocycles. The largest absolute Gasteiger partial charge is 0.480 e. The molecule has 1 aliphatic heterocycles. The Morgan fingerprint density at radius 3 is 2.56 bits per heavy atom. The van der Waals surface area contributed by atoms with Crippen molar-refractivity contribution in [1.82, 2.24) is 4.90 Å². The lowest BCUT2D eigenvalue weighted by molar-refractivity contribution is -0.144. The highest BCUT2D eigenvalue weighted by Crippen LogP contribution is 2.32. The average Bonchev–Trinajstić information content (AvgIpc) is 2.98. The van der Waals surface area contributed by atoms with Crippen LogP contribution in [-0.2, 0) is 16.0 Å². The number of amides is 1. The second-order valence-corrected chi connectivity index (χ2v) is 7.47. The van der Waals surface area contributed by atoms with Gasteiger partial charge in [0.05, 0.1) is 0 Å². The lowest BCUT2D eigenvalue weighted by Gasteiger charge is -2.25. The Hall–Kier alpha value is -1.90. The first-order chi connectivity index (χ1) is 12.8. The van der Waals surface area contributed by atoms with Crippen LogP contribution in [0.25, 0.3) is 0 Å². The van der Waals surface area contributed by atoms with Crippen LogP contribution in [0.1, 0.15) is 31.7 Å². The third-order valence-corrected chi connectivity index (χ3v) is 5.51. The van der Waals surface area contributed by atoms with Crippen molar-refractivity contribution in [2.45, 2.75) is 44.5 Å². The number of carbonyl (C=O) groups is 2. The first kappa shape index (κ1) is 21.4. The van der Waals surface area contributed by atoms with Gasteiger partial charge in [-0.1, -0.05) is 43.7 Å². The maximum atomic E-state index is 13.0. The van der Waals surface area contributed by atoms with Gasteiger partial charge in [-0.2, -0.15) is 0 Å².